The molecule has 0 fully saturated rings. The molecule has 0 aliphatic rings. The Balaban J connectivity index is 2.81. The number of aliphatic hydroxyl groups excluding tert-OH is 1. The lowest BCUT2D eigenvalue weighted by atomic mass is 10.0. The van der Waals surface area contributed by atoms with Crippen LogP contribution in [0.3, 0.4) is 0 Å². The molecule has 0 aliphatic carbocycles. The number of Topliss-reactive ketones (excluding diaryl/α,β-unsaturated/α-hetero) is 1. The Kier molecular flexibility index (Phi) is 4.97. The first-order valence-corrected chi connectivity index (χ1v) is 5.51. The molecule has 0 radical (unpaired) electrons. The SMILES string of the molecule is COc1ccc(C(=O)CCC(C)O)cc1OC. The van der Waals surface area contributed by atoms with E-state index in [2.05, 4.69) is 0 Å². The van der Waals surface area contributed by atoms with E-state index >= 15 is 0 Å². The summed E-state index contributed by atoms with van der Waals surface area (Å²) in [6.07, 6.45) is 0.333. The predicted molar refractivity (Wildman–Crippen MR) is 64.8 cm³/mol. The van der Waals surface area contributed by atoms with Gasteiger partial charge in [0, 0.05) is 12.0 Å². The van der Waals surface area contributed by atoms with Crippen molar-refractivity contribution in [1.82, 2.24) is 0 Å². The van der Waals surface area contributed by atoms with Crippen LogP contribution in [0.2, 0.25) is 0 Å². The predicted octanol–water partition coefficient (Wildman–Crippen LogP) is 2.05. The van der Waals surface area contributed by atoms with Crippen molar-refractivity contribution < 1.29 is 19.4 Å². The summed E-state index contributed by atoms with van der Waals surface area (Å²) in [5, 5.41) is 9.13. The van der Waals surface area contributed by atoms with Crippen molar-refractivity contribution in [2.75, 3.05) is 14.2 Å². The standard InChI is InChI=1S/C13H18O4/c1-9(14)4-6-11(15)10-5-7-12(16-2)13(8-10)17-3/h5,7-9,14H,4,6H2,1-3H3. The fourth-order valence-corrected chi connectivity index (χ4v) is 1.49. The molecule has 1 rings (SSSR count). The van der Waals surface area contributed by atoms with Gasteiger partial charge in [0.15, 0.2) is 17.3 Å². The van der Waals surface area contributed by atoms with Gasteiger partial charge >= 0.3 is 0 Å². The van der Waals surface area contributed by atoms with Crippen LogP contribution in [0.15, 0.2) is 18.2 Å². The number of carbonyl (C=O) groups is 1. The molecule has 1 aromatic rings. The van der Waals surface area contributed by atoms with Gasteiger partial charge in [-0.1, -0.05) is 0 Å². The molecular formula is C13H18O4. The quantitative estimate of drug-likeness (QED) is 0.771. The van der Waals surface area contributed by atoms with E-state index in [9.17, 15) is 4.79 Å². The number of hydrogen-bond donors (Lipinski definition) is 1. The summed E-state index contributed by atoms with van der Waals surface area (Å²) < 4.78 is 10.2. The molecule has 0 heterocycles. The molecule has 17 heavy (non-hydrogen) atoms. The van der Waals surface area contributed by atoms with Crippen molar-refractivity contribution in [1.29, 1.82) is 0 Å². The maximum atomic E-state index is 11.8. The van der Waals surface area contributed by atoms with Crippen LogP contribution in [0.25, 0.3) is 0 Å². The summed E-state index contributed by atoms with van der Waals surface area (Å²) in [6.45, 7) is 1.67. The summed E-state index contributed by atoms with van der Waals surface area (Å²) in [7, 11) is 3.08. The summed E-state index contributed by atoms with van der Waals surface area (Å²) in [5.74, 6) is 1.13. The topological polar surface area (TPSA) is 55.8 Å². The van der Waals surface area contributed by atoms with E-state index in [4.69, 9.17) is 14.6 Å². The lowest BCUT2D eigenvalue weighted by Gasteiger charge is -2.09. The molecular weight excluding hydrogens is 220 g/mol. The number of ether oxygens (including phenoxy) is 2. The smallest absolute Gasteiger partial charge is 0.163 e. The van der Waals surface area contributed by atoms with Crippen molar-refractivity contribution in [3.63, 3.8) is 0 Å². The molecule has 0 bridgehead atoms. The number of rotatable bonds is 6. The Bertz CT molecular complexity index is 385. The normalized spacial score (nSPS) is 12.0. The van der Waals surface area contributed by atoms with Gasteiger partial charge < -0.3 is 14.6 Å². The van der Waals surface area contributed by atoms with E-state index in [1.165, 1.54) is 7.11 Å². The minimum atomic E-state index is -0.459. The zero-order valence-corrected chi connectivity index (χ0v) is 10.4. The van der Waals surface area contributed by atoms with Crippen LogP contribution in [-0.4, -0.2) is 31.2 Å². The zero-order valence-electron chi connectivity index (χ0n) is 10.4. The molecule has 1 atom stereocenters. The average molecular weight is 238 g/mol. The summed E-state index contributed by atoms with van der Waals surface area (Å²) in [5.41, 5.74) is 0.572. The molecule has 0 amide bonds. The molecule has 1 unspecified atom stereocenters. The number of methoxy groups -OCH3 is 2. The van der Waals surface area contributed by atoms with Gasteiger partial charge in [-0.2, -0.15) is 0 Å². The molecule has 4 heteroatoms. The van der Waals surface area contributed by atoms with Crippen LogP contribution in [0, 0.1) is 0 Å². The van der Waals surface area contributed by atoms with Crippen LogP contribution in [-0.2, 0) is 0 Å². The third-order valence-corrected chi connectivity index (χ3v) is 2.49. The summed E-state index contributed by atoms with van der Waals surface area (Å²) in [4.78, 5) is 11.8. The third kappa shape index (κ3) is 3.75. The monoisotopic (exact) mass is 238 g/mol. The highest BCUT2D eigenvalue weighted by molar-refractivity contribution is 5.96. The van der Waals surface area contributed by atoms with Gasteiger partial charge in [0.1, 0.15) is 0 Å². The number of hydrogen-bond acceptors (Lipinski definition) is 4. The van der Waals surface area contributed by atoms with E-state index in [1.54, 1.807) is 32.2 Å². The van der Waals surface area contributed by atoms with Crippen LogP contribution >= 0.6 is 0 Å². The molecule has 0 aromatic heterocycles. The highest BCUT2D eigenvalue weighted by Gasteiger charge is 2.11. The van der Waals surface area contributed by atoms with Crippen molar-refractivity contribution in [3.8, 4) is 11.5 Å². The molecule has 94 valence electrons. The molecule has 1 aromatic carbocycles. The first kappa shape index (κ1) is 13.5. The van der Waals surface area contributed by atoms with Crippen molar-refractivity contribution in [3.05, 3.63) is 23.8 Å². The van der Waals surface area contributed by atoms with Crippen LogP contribution < -0.4 is 9.47 Å². The van der Waals surface area contributed by atoms with E-state index < -0.39 is 6.10 Å². The Morgan fingerprint density at radius 2 is 1.94 bits per heavy atom. The van der Waals surface area contributed by atoms with Gasteiger partial charge in [-0.3, -0.25) is 4.79 Å². The van der Waals surface area contributed by atoms with Crippen LogP contribution in [0.1, 0.15) is 30.1 Å². The first-order chi connectivity index (χ1) is 8.08. The van der Waals surface area contributed by atoms with Gasteiger partial charge in [0.05, 0.1) is 20.3 Å². The number of ketones is 1. The molecule has 1 N–H and O–H groups in total. The highest BCUT2D eigenvalue weighted by atomic mass is 16.5. The average Bonchev–Trinajstić information content (AvgIpc) is 2.34. The van der Waals surface area contributed by atoms with Crippen molar-refractivity contribution in [2.24, 2.45) is 0 Å². The lowest BCUT2D eigenvalue weighted by molar-refractivity contribution is 0.0949. The summed E-state index contributed by atoms with van der Waals surface area (Å²) >= 11 is 0. The van der Waals surface area contributed by atoms with Gasteiger partial charge in [0.2, 0.25) is 0 Å². The number of aliphatic hydroxyl groups is 1. The second-order valence-corrected chi connectivity index (χ2v) is 3.88. The van der Waals surface area contributed by atoms with E-state index in [0.29, 0.717) is 29.9 Å². The minimum absolute atomic E-state index is 0.00754. The van der Waals surface area contributed by atoms with E-state index in [1.807, 2.05) is 0 Å². The maximum Gasteiger partial charge on any atom is 0.163 e. The Labute approximate surface area is 101 Å². The first-order valence-electron chi connectivity index (χ1n) is 5.51. The van der Waals surface area contributed by atoms with E-state index in [0.717, 1.165) is 0 Å². The molecule has 0 aliphatic heterocycles. The highest BCUT2D eigenvalue weighted by Crippen LogP contribution is 2.28. The maximum absolute atomic E-state index is 11.8. The van der Waals surface area contributed by atoms with Gasteiger partial charge in [-0.25, -0.2) is 0 Å². The van der Waals surface area contributed by atoms with Crippen molar-refractivity contribution in [2.45, 2.75) is 25.9 Å². The van der Waals surface area contributed by atoms with Crippen molar-refractivity contribution >= 4 is 5.78 Å². The number of carbonyl (C=O) groups excluding carboxylic acids is 1. The summed E-state index contributed by atoms with van der Waals surface area (Å²) in [6, 6.07) is 5.06. The molecule has 0 spiro atoms. The number of benzene rings is 1. The lowest BCUT2D eigenvalue weighted by Crippen LogP contribution is -2.06. The van der Waals surface area contributed by atoms with Crippen LogP contribution in [0.4, 0.5) is 0 Å². The Hall–Kier alpha value is -1.55. The Morgan fingerprint density at radius 1 is 1.29 bits per heavy atom. The van der Waals surface area contributed by atoms with Gasteiger partial charge in [0.25, 0.3) is 0 Å². The fraction of sp³-hybridized carbons (Fsp3) is 0.462. The van der Waals surface area contributed by atoms with Gasteiger partial charge in [-0.15, -0.1) is 0 Å². The molecule has 0 saturated heterocycles. The minimum Gasteiger partial charge on any atom is -0.493 e. The largest absolute Gasteiger partial charge is 0.493 e. The Morgan fingerprint density at radius 3 is 2.47 bits per heavy atom. The second-order valence-electron chi connectivity index (χ2n) is 3.88. The zero-order chi connectivity index (χ0) is 12.8. The third-order valence-electron chi connectivity index (χ3n) is 2.49. The van der Waals surface area contributed by atoms with Crippen LogP contribution in [0.5, 0.6) is 11.5 Å². The molecule has 4 nitrogen and oxygen atoms in total. The molecule has 0 saturated carbocycles. The van der Waals surface area contributed by atoms with E-state index in [-0.39, 0.29) is 5.78 Å². The fourth-order valence-electron chi connectivity index (χ4n) is 1.49. The van der Waals surface area contributed by atoms with Gasteiger partial charge in [-0.05, 0) is 31.5 Å². The second kappa shape index (κ2) is 6.25.